The van der Waals surface area contributed by atoms with E-state index in [1.165, 1.54) is 12.1 Å². The zero-order valence-electron chi connectivity index (χ0n) is 16.7. The molecule has 162 valence electrons. The average Bonchev–Trinajstić information content (AvgIpc) is 3.41. The molecule has 2 aromatic rings. The van der Waals surface area contributed by atoms with Gasteiger partial charge in [-0.15, -0.1) is 0 Å². The second kappa shape index (κ2) is 7.10. The number of allylic oxidation sites excluding steroid dienone is 1. The summed E-state index contributed by atoms with van der Waals surface area (Å²) >= 11 is 5.76. The zero-order valence-corrected chi connectivity index (χ0v) is 17.4. The van der Waals surface area contributed by atoms with E-state index in [1.54, 1.807) is 18.2 Å². The predicted octanol–water partition coefficient (Wildman–Crippen LogP) is 6.23. The van der Waals surface area contributed by atoms with E-state index in [0.29, 0.717) is 28.7 Å². The van der Waals surface area contributed by atoms with Crippen LogP contribution in [0.3, 0.4) is 0 Å². The minimum absolute atomic E-state index is 0.0566. The molecule has 2 saturated heterocycles. The minimum Gasteiger partial charge on any atom is -0.511 e. The largest absolute Gasteiger partial charge is 0.511 e. The first-order chi connectivity index (χ1) is 14.7. The minimum atomic E-state index is -4.57. The van der Waals surface area contributed by atoms with Crippen LogP contribution in [0.2, 0.25) is 5.02 Å². The zero-order chi connectivity index (χ0) is 22.1. The second-order valence-corrected chi connectivity index (χ2v) is 8.79. The number of ketones is 1. The summed E-state index contributed by atoms with van der Waals surface area (Å²) in [6.07, 6.45) is -2.63. The van der Waals surface area contributed by atoms with Crippen LogP contribution in [0, 0.1) is 11.8 Å². The molecule has 1 N–H and O–H groups in total. The van der Waals surface area contributed by atoms with Gasteiger partial charge in [0, 0.05) is 0 Å². The molecular weight excluding hydrogens is 429 g/mol. The highest BCUT2D eigenvalue weighted by Gasteiger charge is 2.59. The number of benzene rings is 2. The van der Waals surface area contributed by atoms with Crippen molar-refractivity contribution >= 4 is 23.0 Å². The molecule has 0 aromatic heterocycles. The highest BCUT2D eigenvalue weighted by atomic mass is 35.5. The summed E-state index contributed by atoms with van der Waals surface area (Å²) in [5.41, 5.74) is 1.69. The Hall–Kier alpha value is -2.31. The quantitative estimate of drug-likeness (QED) is 0.605. The third-order valence-electron chi connectivity index (χ3n) is 6.76. The monoisotopic (exact) mass is 448 g/mol. The number of aryl methyl sites for hydroxylation is 1. The Labute approximate surface area is 182 Å². The van der Waals surface area contributed by atoms with E-state index in [2.05, 4.69) is 0 Å². The molecule has 4 atom stereocenters. The average molecular weight is 449 g/mol. The molecule has 1 aliphatic carbocycles. The van der Waals surface area contributed by atoms with Gasteiger partial charge in [0.25, 0.3) is 0 Å². The molecule has 31 heavy (non-hydrogen) atoms. The first-order valence-electron chi connectivity index (χ1n) is 10.3. The predicted molar refractivity (Wildman–Crippen MR) is 111 cm³/mol. The molecule has 3 nitrogen and oxygen atoms in total. The number of fused-ring (bicyclic) bond motifs is 5. The van der Waals surface area contributed by atoms with Crippen LogP contribution in [0.5, 0.6) is 0 Å². The number of Topliss-reactive ketones (excluding diaryl/α,β-unsaturated/α-hetero) is 1. The molecule has 0 radical (unpaired) electrons. The molecule has 3 aliphatic rings. The van der Waals surface area contributed by atoms with Gasteiger partial charge in [-0.05, 0) is 59.7 Å². The Bertz CT molecular complexity index is 1120. The fraction of sp³-hybridized carbons (Fsp3) is 0.375. The second-order valence-electron chi connectivity index (χ2n) is 8.38. The maximum Gasteiger partial charge on any atom is 0.417 e. The molecule has 0 saturated carbocycles. The Morgan fingerprint density at radius 2 is 1.71 bits per heavy atom. The molecule has 2 fully saturated rings. The van der Waals surface area contributed by atoms with E-state index in [0.717, 1.165) is 24.5 Å². The first-order valence-corrected chi connectivity index (χ1v) is 10.7. The van der Waals surface area contributed by atoms with Crippen LogP contribution in [0.1, 0.15) is 36.5 Å². The number of ether oxygens (including phenoxy) is 1. The van der Waals surface area contributed by atoms with Crippen molar-refractivity contribution in [1.29, 1.82) is 0 Å². The number of hydrogen-bond acceptors (Lipinski definition) is 3. The van der Waals surface area contributed by atoms with Gasteiger partial charge in [0.05, 0.1) is 40.2 Å². The Kier molecular flexibility index (Phi) is 4.72. The topological polar surface area (TPSA) is 46.5 Å². The molecule has 0 amide bonds. The van der Waals surface area contributed by atoms with E-state index in [1.807, 2.05) is 6.92 Å². The summed E-state index contributed by atoms with van der Waals surface area (Å²) in [5.74, 6) is -0.758. The number of aliphatic hydroxyl groups excluding tert-OH is 1. The van der Waals surface area contributed by atoms with Crippen LogP contribution in [-0.2, 0) is 22.1 Å². The number of hydrogen-bond donors (Lipinski definition) is 1. The molecule has 0 spiro atoms. The molecule has 2 aromatic carbocycles. The normalized spacial score (nSPS) is 27.3. The van der Waals surface area contributed by atoms with Crippen molar-refractivity contribution in [2.75, 3.05) is 0 Å². The van der Waals surface area contributed by atoms with Crippen molar-refractivity contribution in [3.63, 3.8) is 0 Å². The fourth-order valence-corrected chi connectivity index (χ4v) is 5.53. The van der Waals surface area contributed by atoms with Gasteiger partial charge in [0.2, 0.25) is 0 Å². The smallest absolute Gasteiger partial charge is 0.417 e. The maximum absolute atomic E-state index is 13.3. The van der Waals surface area contributed by atoms with Gasteiger partial charge in [-0.1, -0.05) is 36.7 Å². The number of carbonyl (C=O) groups excluding carboxylic acids is 1. The Morgan fingerprint density at radius 1 is 1.06 bits per heavy atom. The fourth-order valence-electron chi connectivity index (χ4n) is 5.31. The van der Waals surface area contributed by atoms with Gasteiger partial charge >= 0.3 is 6.18 Å². The lowest BCUT2D eigenvalue weighted by Crippen LogP contribution is -2.29. The maximum atomic E-state index is 13.3. The lowest BCUT2D eigenvalue weighted by molar-refractivity contribution is -0.137. The van der Waals surface area contributed by atoms with E-state index in [4.69, 9.17) is 16.3 Å². The van der Waals surface area contributed by atoms with Crippen LogP contribution >= 0.6 is 11.6 Å². The number of rotatable bonds is 3. The summed E-state index contributed by atoms with van der Waals surface area (Å²) in [7, 11) is 0. The Morgan fingerprint density at radius 3 is 2.35 bits per heavy atom. The van der Waals surface area contributed by atoms with E-state index in [9.17, 15) is 23.1 Å². The van der Waals surface area contributed by atoms with Gasteiger partial charge in [-0.2, -0.15) is 13.2 Å². The van der Waals surface area contributed by atoms with E-state index in [-0.39, 0.29) is 40.6 Å². The number of alkyl halides is 3. The van der Waals surface area contributed by atoms with Gasteiger partial charge in [0.15, 0.2) is 5.78 Å². The summed E-state index contributed by atoms with van der Waals surface area (Å²) in [6, 6.07) is 9.01. The summed E-state index contributed by atoms with van der Waals surface area (Å²) < 4.78 is 45.8. The number of carbonyl (C=O) groups is 1. The number of halogens is 4. The summed E-state index contributed by atoms with van der Waals surface area (Å²) in [5, 5.41) is 10.6. The first kappa shape index (κ1) is 20.6. The SMILES string of the molecule is CCc1ccc(-c2ccc(Cl)c(C(F)(F)F)c2)cc1C1=C(O)[C@H]2C3CCC(O3)[C@H]2C1=O. The summed E-state index contributed by atoms with van der Waals surface area (Å²) in [4.78, 5) is 13.3. The molecule has 2 aliphatic heterocycles. The lowest BCUT2D eigenvalue weighted by atomic mass is 9.80. The van der Waals surface area contributed by atoms with Crippen molar-refractivity contribution in [2.24, 2.45) is 11.8 Å². The van der Waals surface area contributed by atoms with Crippen LogP contribution in [0.15, 0.2) is 42.2 Å². The standard InChI is InChI=1S/C24H20ClF3O3/c1-2-11-3-4-12(13-5-6-16(25)15(10-13)24(26,27)28)9-14(11)19-22(29)20-17-7-8-18(31-17)21(20)23(19)30/h3-6,9-10,17-18,20-21,29H,2,7-8H2,1H3/t17?,18?,20-,21+/m0/s1. The third-order valence-corrected chi connectivity index (χ3v) is 7.09. The van der Waals surface area contributed by atoms with Gasteiger partial charge < -0.3 is 9.84 Å². The molecule has 7 heteroatoms. The van der Waals surface area contributed by atoms with Crippen molar-refractivity contribution in [3.8, 4) is 11.1 Å². The van der Waals surface area contributed by atoms with Gasteiger partial charge in [-0.25, -0.2) is 0 Å². The van der Waals surface area contributed by atoms with Gasteiger partial charge in [0.1, 0.15) is 5.76 Å². The molecule has 2 unspecified atom stereocenters. The van der Waals surface area contributed by atoms with Gasteiger partial charge in [-0.3, -0.25) is 4.79 Å². The summed E-state index contributed by atoms with van der Waals surface area (Å²) in [6.45, 7) is 1.94. The van der Waals surface area contributed by atoms with E-state index < -0.39 is 11.7 Å². The van der Waals surface area contributed by atoms with Crippen molar-refractivity contribution < 1.29 is 27.8 Å². The highest BCUT2D eigenvalue weighted by molar-refractivity contribution is 6.31. The van der Waals surface area contributed by atoms with Crippen molar-refractivity contribution in [2.45, 2.75) is 44.6 Å². The van der Waals surface area contributed by atoms with Crippen molar-refractivity contribution in [3.05, 3.63) is 63.9 Å². The highest BCUT2D eigenvalue weighted by Crippen LogP contribution is 2.54. The van der Waals surface area contributed by atoms with Crippen LogP contribution in [0.25, 0.3) is 16.7 Å². The lowest BCUT2D eigenvalue weighted by Gasteiger charge is -2.19. The Balaban J connectivity index is 1.62. The van der Waals surface area contributed by atoms with Crippen LogP contribution in [-0.4, -0.2) is 23.1 Å². The van der Waals surface area contributed by atoms with E-state index >= 15 is 0 Å². The van der Waals surface area contributed by atoms with Crippen LogP contribution < -0.4 is 0 Å². The third kappa shape index (κ3) is 3.11. The van der Waals surface area contributed by atoms with Crippen molar-refractivity contribution in [1.82, 2.24) is 0 Å². The molecule has 2 heterocycles. The molecule has 5 rings (SSSR count). The number of aliphatic hydroxyl groups is 1. The molecular formula is C24H20ClF3O3. The molecule has 2 bridgehead atoms. The van der Waals surface area contributed by atoms with Crippen LogP contribution in [0.4, 0.5) is 13.2 Å².